The Kier molecular flexibility index (Phi) is 13.0. The lowest BCUT2D eigenvalue weighted by Gasteiger charge is -2.21. The molecule has 1 fully saturated rings. The van der Waals surface area contributed by atoms with Gasteiger partial charge in [0.25, 0.3) is 0 Å². The van der Waals surface area contributed by atoms with Crippen molar-refractivity contribution in [2.24, 2.45) is 0 Å². The molecule has 0 radical (unpaired) electrons. The first-order valence-corrected chi connectivity index (χ1v) is 12.7. The van der Waals surface area contributed by atoms with Crippen molar-refractivity contribution in [2.45, 2.75) is 52.6 Å². The van der Waals surface area contributed by atoms with Gasteiger partial charge < -0.3 is 28.9 Å². The van der Waals surface area contributed by atoms with Gasteiger partial charge in [0.15, 0.2) is 8.38 Å². The molecule has 0 aliphatic carbocycles. The quantitative estimate of drug-likeness (QED) is 0.612. The number of anilines is 1. The Morgan fingerprint density at radius 3 is 2.54 bits per heavy atom. The fourth-order valence-corrected chi connectivity index (χ4v) is 3.45. The second-order valence-corrected chi connectivity index (χ2v) is 8.59. The molecule has 1 aliphatic rings. The first kappa shape index (κ1) is 27.1. The van der Waals surface area contributed by atoms with Gasteiger partial charge in [0, 0.05) is 33.1 Å². The molecule has 12 heteroatoms. The van der Waals surface area contributed by atoms with Gasteiger partial charge in [0.05, 0.1) is 12.7 Å². The van der Waals surface area contributed by atoms with Crippen molar-refractivity contribution in [1.82, 2.24) is 9.55 Å². The number of hydrogen-bond donors (Lipinski definition) is 2. The number of nitrogens with zero attached hydrogens (tertiary/aromatic N) is 2. The van der Waals surface area contributed by atoms with Gasteiger partial charge in [0.2, 0.25) is 0 Å². The summed E-state index contributed by atoms with van der Waals surface area (Å²) in [5.41, 5.74) is 4.90. The molecule has 0 amide bonds. The first-order chi connectivity index (χ1) is 13.2. The Bertz CT molecular complexity index is 668. The average Bonchev–Trinajstić information content (AvgIpc) is 3.03. The van der Waals surface area contributed by atoms with Crippen LogP contribution in [0.15, 0.2) is 17.1 Å². The fourth-order valence-electron chi connectivity index (χ4n) is 2.26. The predicted molar refractivity (Wildman–Crippen MR) is 111 cm³/mol. The molecular weight excluding hydrogens is 408 g/mol. The zero-order chi connectivity index (χ0) is 21.9. The van der Waals surface area contributed by atoms with Crippen LogP contribution in [0.5, 0.6) is 0 Å². The summed E-state index contributed by atoms with van der Waals surface area (Å²) in [7, 11) is -3.30. The number of rotatable bonds is 7. The van der Waals surface area contributed by atoms with Crippen LogP contribution >= 0.6 is 16.0 Å². The van der Waals surface area contributed by atoms with Gasteiger partial charge in [-0.2, -0.15) is 4.98 Å². The molecule has 28 heavy (non-hydrogen) atoms. The summed E-state index contributed by atoms with van der Waals surface area (Å²) < 4.78 is 34.4. The maximum atomic E-state index is 11.9. The van der Waals surface area contributed by atoms with Crippen molar-refractivity contribution < 1.29 is 27.8 Å². The van der Waals surface area contributed by atoms with Crippen molar-refractivity contribution >= 4 is 21.8 Å². The van der Waals surface area contributed by atoms with Gasteiger partial charge in [-0.3, -0.25) is 9.13 Å². The van der Waals surface area contributed by atoms with E-state index in [0.717, 1.165) is 6.66 Å². The van der Waals surface area contributed by atoms with Gasteiger partial charge in [0.1, 0.15) is 18.1 Å². The fraction of sp³-hybridized carbons (Fsp3) is 0.750. The molecule has 0 saturated carbocycles. The maximum Gasteiger partial charge on any atom is 0.351 e. The number of aromatic nitrogens is 2. The molecular formula is C16H33N3O7P2. The summed E-state index contributed by atoms with van der Waals surface area (Å²) in [6, 6.07) is 1.47. The minimum atomic E-state index is -3.73. The Hall–Kier alpha value is -0.860. The molecule has 5 unspecified atom stereocenters. The molecule has 0 bridgehead atoms. The number of nitrogen functional groups attached to an aromatic ring is 1. The molecule has 164 valence electrons. The molecule has 5 atom stereocenters. The van der Waals surface area contributed by atoms with E-state index in [9.17, 15) is 14.3 Å². The van der Waals surface area contributed by atoms with Crippen molar-refractivity contribution in [1.29, 1.82) is 0 Å². The molecule has 1 aromatic rings. The zero-order valence-corrected chi connectivity index (χ0v) is 19.4. The van der Waals surface area contributed by atoms with E-state index in [2.05, 4.69) is 4.98 Å². The molecule has 2 heterocycles. The smallest absolute Gasteiger partial charge is 0.351 e. The van der Waals surface area contributed by atoms with Gasteiger partial charge in [-0.1, -0.05) is 27.7 Å². The van der Waals surface area contributed by atoms with Gasteiger partial charge in [-0.15, -0.1) is 0 Å². The second kappa shape index (κ2) is 13.4. The number of ether oxygens (including phenoxy) is 1. The second-order valence-electron chi connectivity index (χ2n) is 5.27. The molecule has 3 N–H and O–H groups in total. The summed E-state index contributed by atoms with van der Waals surface area (Å²) in [5.74, 6) is 0.104. The molecule has 1 aliphatic heterocycles. The van der Waals surface area contributed by atoms with Crippen LogP contribution in [0, 0.1) is 0 Å². The number of nitrogens with two attached hydrogens (primary N) is 1. The first-order valence-electron chi connectivity index (χ1n) is 9.09. The van der Waals surface area contributed by atoms with Crippen molar-refractivity contribution in [3.05, 3.63) is 22.7 Å². The summed E-state index contributed by atoms with van der Waals surface area (Å²) in [4.78, 5) is 25.1. The predicted octanol–water partition coefficient (Wildman–Crippen LogP) is 2.97. The van der Waals surface area contributed by atoms with E-state index < -0.39 is 40.1 Å². The van der Waals surface area contributed by atoms with E-state index in [-0.39, 0.29) is 18.8 Å². The summed E-state index contributed by atoms with van der Waals surface area (Å²) in [6.07, 6.45) is -0.365. The van der Waals surface area contributed by atoms with Crippen molar-refractivity contribution in [3.63, 3.8) is 0 Å². The van der Waals surface area contributed by atoms with Crippen LogP contribution in [0.4, 0.5) is 5.82 Å². The molecule has 0 aromatic carbocycles. The van der Waals surface area contributed by atoms with E-state index in [0.29, 0.717) is 0 Å². The van der Waals surface area contributed by atoms with Crippen LogP contribution in [0.3, 0.4) is 0 Å². The van der Waals surface area contributed by atoms with E-state index in [1.54, 1.807) is 6.66 Å². The van der Waals surface area contributed by atoms with Crippen LogP contribution in [0.2, 0.25) is 0 Å². The Labute approximate surface area is 167 Å². The van der Waals surface area contributed by atoms with Crippen LogP contribution in [-0.2, 0) is 22.9 Å². The molecule has 1 aromatic heterocycles. The summed E-state index contributed by atoms with van der Waals surface area (Å²) in [6.45, 7) is 11.0. The lowest BCUT2D eigenvalue weighted by molar-refractivity contribution is -0.0379. The highest BCUT2D eigenvalue weighted by molar-refractivity contribution is 7.51. The Morgan fingerprint density at radius 2 is 2.04 bits per heavy atom. The van der Waals surface area contributed by atoms with Crippen LogP contribution in [0.25, 0.3) is 0 Å². The average molecular weight is 441 g/mol. The molecule has 10 nitrogen and oxygen atoms in total. The standard InChI is InChI=1S/C12H21N3O7P2.2C2H6/c1-19-23(2)20-7-9-8(22-24(3,17)18)6-11(21-9)15-5-4-10(13)14-12(15)16;2*1-2/h4-5,8-9,11H,6-7H2,1-3H3,(H,17,18)(H2,13,14,16);2*1-2H3. The summed E-state index contributed by atoms with van der Waals surface area (Å²) >= 11 is 0. The van der Waals surface area contributed by atoms with Crippen molar-refractivity contribution in [2.75, 3.05) is 32.8 Å². The Balaban J connectivity index is 0.00000171. The summed E-state index contributed by atoms with van der Waals surface area (Å²) in [5, 5.41) is 0. The minimum absolute atomic E-state index is 0.104. The van der Waals surface area contributed by atoms with E-state index in [1.807, 2.05) is 27.7 Å². The van der Waals surface area contributed by atoms with Gasteiger partial charge in [-0.25, -0.2) is 4.79 Å². The molecule has 0 spiro atoms. The highest BCUT2D eigenvalue weighted by Gasteiger charge is 2.40. The zero-order valence-electron chi connectivity index (χ0n) is 17.6. The van der Waals surface area contributed by atoms with E-state index in [1.165, 1.54) is 23.9 Å². The lowest BCUT2D eigenvalue weighted by Crippen LogP contribution is -2.28. The largest absolute Gasteiger partial charge is 0.383 e. The van der Waals surface area contributed by atoms with Gasteiger partial charge in [-0.05, 0) is 6.07 Å². The van der Waals surface area contributed by atoms with Crippen LogP contribution in [0.1, 0.15) is 40.3 Å². The molecule has 2 rings (SSSR count). The maximum absolute atomic E-state index is 11.9. The Morgan fingerprint density at radius 1 is 1.43 bits per heavy atom. The monoisotopic (exact) mass is 441 g/mol. The third kappa shape index (κ3) is 9.09. The highest BCUT2D eigenvalue weighted by atomic mass is 31.2. The third-order valence-electron chi connectivity index (χ3n) is 3.35. The normalized spacial score (nSPS) is 24.2. The lowest BCUT2D eigenvalue weighted by atomic mass is 10.2. The van der Waals surface area contributed by atoms with Crippen molar-refractivity contribution in [3.8, 4) is 0 Å². The highest BCUT2D eigenvalue weighted by Crippen LogP contribution is 2.44. The van der Waals surface area contributed by atoms with Crippen LogP contribution in [-0.4, -0.2) is 53.7 Å². The topological polar surface area (TPSA) is 135 Å². The third-order valence-corrected chi connectivity index (χ3v) is 5.04. The minimum Gasteiger partial charge on any atom is -0.383 e. The van der Waals surface area contributed by atoms with E-state index in [4.69, 9.17) is 24.0 Å². The van der Waals surface area contributed by atoms with E-state index >= 15 is 0 Å². The molecule has 1 saturated heterocycles. The number of hydrogen-bond acceptors (Lipinski definition) is 8. The van der Waals surface area contributed by atoms with Crippen LogP contribution < -0.4 is 11.4 Å². The SMILES string of the molecule is CC.CC.COP(C)OCC1OC(n2ccc(N)nc2=O)CC1OP(C)(=O)O. The van der Waals surface area contributed by atoms with Gasteiger partial charge >= 0.3 is 13.3 Å².